The van der Waals surface area contributed by atoms with E-state index in [9.17, 15) is 28.8 Å². The van der Waals surface area contributed by atoms with Crippen molar-refractivity contribution in [1.29, 1.82) is 0 Å². The smallest absolute Gasteiger partial charge is 0.274 e. The number of ether oxygens (including phenoxy) is 1. The molecule has 4 aliphatic heterocycles. The van der Waals surface area contributed by atoms with Crippen LogP contribution in [0.3, 0.4) is 0 Å². The number of nitrogens with zero attached hydrogens (tertiary/aromatic N) is 5. The van der Waals surface area contributed by atoms with Crippen molar-refractivity contribution in [1.82, 2.24) is 40.6 Å². The number of halogens is 1. The highest BCUT2D eigenvalue weighted by Gasteiger charge is 2.44. The van der Waals surface area contributed by atoms with Crippen LogP contribution in [-0.4, -0.2) is 116 Å². The summed E-state index contributed by atoms with van der Waals surface area (Å²) < 4.78 is 17.8. The van der Waals surface area contributed by atoms with E-state index in [-0.39, 0.29) is 59.2 Å². The minimum absolute atomic E-state index is 0.0454. The lowest BCUT2D eigenvalue weighted by Crippen LogP contribution is -2.56. The fourth-order valence-electron chi connectivity index (χ4n) is 8.78. The number of hydrogen-bond donors (Lipinski definition) is 3. The molecule has 63 heavy (non-hydrogen) atoms. The second kappa shape index (κ2) is 19.4. The van der Waals surface area contributed by atoms with Gasteiger partial charge in [-0.3, -0.25) is 28.8 Å². The van der Waals surface area contributed by atoms with Gasteiger partial charge in [0.25, 0.3) is 11.8 Å². The predicted octanol–water partition coefficient (Wildman–Crippen LogP) is 4.56. The number of rotatable bonds is 8. The van der Waals surface area contributed by atoms with Gasteiger partial charge in [0, 0.05) is 26.1 Å². The number of alkyl halides is 1. The number of aromatic nitrogens is 2. The highest BCUT2D eigenvalue weighted by molar-refractivity contribution is 6.22. The Hall–Kier alpha value is -5.71. The van der Waals surface area contributed by atoms with Gasteiger partial charge in [-0.15, -0.1) is 11.6 Å². The van der Waals surface area contributed by atoms with Crippen LogP contribution < -0.4 is 20.7 Å². The zero-order valence-corrected chi connectivity index (χ0v) is 37.2. The number of benzene rings is 1. The van der Waals surface area contributed by atoms with Gasteiger partial charge < -0.3 is 44.2 Å². The molecule has 3 fully saturated rings. The Morgan fingerprint density at radius 1 is 0.857 bits per heavy atom. The molecule has 0 aliphatic carbocycles. The molecule has 8 atom stereocenters. The lowest BCUT2D eigenvalue weighted by molar-refractivity contribution is -0.147. The molecule has 6 heterocycles. The Balaban J connectivity index is 1.23. The maximum absolute atomic E-state index is 14.7. The van der Waals surface area contributed by atoms with Crippen LogP contribution in [-0.2, 0) is 25.6 Å². The Morgan fingerprint density at radius 3 is 2.16 bits per heavy atom. The van der Waals surface area contributed by atoms with Crippen LogP contribution in [0.1, 0.15) is 129 Å². The number of carbonyl (C=O) groups excluding carboxylic acids is 6. The average molecular weight is 889 g/mol. The quantitative estimate of drug-likeness (QED) is 0.211. The molecule has 0 radical (unpaired) electrons. The molecule has 4 aliphatic rings. The molecule has 0 spiro atoms. The minimum atomic E-state index is -1.10. The van der Waals surface area contributed by atoms with Gasteiger partial charge in [-0.25, -0.2) is 9.97 Å². The highest BCUT2D eigenvalue weighted by Crippen LogP contribution is 2.34. The van der Waals surface area contributed by atoms with Gasteiger partial charge in [-0.05, 0) is 82.9 Å². The lowest BCUT2D eigenvalue weighted by atomic mass is 9.98. The highest BCUT2D eigenvalue weighted by atomic mass is 35.5. The molecular weight excluding hydrogens is 832 g/mol. The van der Waals surface area contributed by atoms with E-state index in [2.05, 4.69) is 32.5 Å². The molecule has 7 rings (SSSR count). The van der Waals surface area contributed by atoms with E-state index < -0.39 is 65.8 Å². The third kappa shape index (κ3) is 9.77. The maximum Gasteiger partial charge on any atom is 0.274 e. The van der Waals surface area contributed by atoms with E-state index in [4.69, 9.17) is 25.2 Å². The Morgan fingerprint density at radius 2 is 1.49 bits per heavy atom. The molecule has 6 amide bonds. The lowest BCUT2D eigenvalue weighted by Gasteiger charge is -2.33. The molecular formula is C45H57ClN8O9. The van der Waals surface area contributed by atoms with E-state index in [1.54, 1.807) is 47.9 Å². The summed E-state index contributed by atoms with van der Waals surface area (Å²) in [5, 5.41) is 8.35. The molecule has 17 nitrogen and oxygen atoms in total. The summed E-state index contributed by atoms with van der Waals surface area (Å²) >= 11 is 6.31. The number of fused-ring (bicyclic) bond motifs is 8. The van der Waals surface area contributed by atoms with Crippen molar-refractivity contribution in [2.24, 2.45) is 5.92 Å². The Kier molecular flexibility index (Phi) is 13.9. The fourth-order valence-corrected chi connectivity index (χ4v) is 8.85. The van der Waals surface area contributed by atoms with Crippen LogP contribution >= 0.6 is 11.6 Å². The van der Waals surface area contributed by atoms with Crippen LogP contribution in [0.25, 0.3) is 0 Å². The summed E-state index contributed by atoms with van der Waals surface area (Å²) in [7, 11) is 0. The first-order valence-electron chi connectivity index (χ1n) is 21.9. The molecule has 4 bridgehead atoms. The molecule has 3 N–H and O–H groups in total. The second-order valence-corrected chi connectivity index (χ2v) is 17.7. The average Bonchev–Trinajstić information content (AvgIpc) is 4.13. The van der Waals surface area contributed by atoms with E-state index in [0.717, 1.165) is 11.1 Å². The standard InChI is InChI=1S/C45H57ClN8O9/c1-7-25(4)36-42-51-37(27(6)63-42)40(57)48-31(21-28-14-16-29(17-15-28)61-22-30(46)24(2)3)44(59)53-19-9-12-34(53)41-49-32(23-62-41)38(55)47-26(5)43(58)54-20-10-13-35(54)45(60)52-18-8-11-33(52)39(56)50-36/h14-17,23,25-26,30-31,33-36H,2,7-13,18-22H2,1,3-6H3,(H,47,55)(H,48,57)(H,50,56)/t25-,26-,30?,31-,33-,34-,35-,36-/m0/s1. The summed E-state index contributed by atoms with van der Waals surface area (Å²) in [4.78, 5) is 98.4. The summed E-state index contributed by atoms with van der Waals surface area (Å²) in [6.45, 7) is 13.9. The first kappa shape index (κ1) is 45.3. The third-order valence-electron chi connectivity index (χ3n) is 12.7. The minimum Gasteiger partial charge on any atom is -0.492 e. The van der Waals surface area contributed by atoms with E-state index in [1.807, 2.05) is 20.8 Å². The van der Waals surface area contributed by atoms with Crippen molar-refractivity contribution < 1.29 is 42.3 Å². The number of nitrogens with one attached hydrogen (secondary N) is 3. The van der Waals surface area contributed by atoms with Crippen molar-refractivity contribution in [3.63, 3.8) is 0 Å². The van der Waals surface area contributed by atoms with Crippen molar-refractivity contribution in [3.05, 3.63) is 77.2 Å². The number of oxazole rings is 2. The number of aryl methyl sites for hydroxylation is 1. The predicted molar refractivity (Wildman–Crippen MR) is 230 cm³/mol. The second-order valence-electron chi connectivity index (χ2n) is 17.2. The number of amides is 6. The molecule has 2 aromatic heterocycles. The van der Waals surface area contributed by atoms with Gasteiger partial charge in [-0.2, -0.15) is 0 Å². The molecule has 1 unspecified atom stereocenters. The van der Waals surface area contributed by atoms with E-state index in [0.29, 0.717) is 70.3 Å². The zero-order valence-electron chi connectivity index (χ0n) is 36.5. The van der Waals surface area contributed by atoms with Crippen LogP contribution in [0.4, 0.5) is 0 Å². The number of hydrogen-bond acceptors (Lipinski definition) is 11. The molecule has 0 saturated carbocycles. The summed E-state index contributed by atoms with van der Waals surface area (Å²) in [6, 6.07) is 2.02. The van der Waals surface area contributed by atoms with E-state index in [1.165, 1.54) is 11.2 Å². The largest absolute Gasteiger partial charge is 0.492 e. The normalized spacial score (nSPS) is 26.0. The van der Waals surface area contributed by atoms with Crippen LogP contribution in [0, 0.1) is 12.8 Å². The molecule has 3 saturated heterocycles. The van der Waals surface area contributed by atoms with Gasteiger partial charge in [0.1, 0.15) is 60.6 Å². The SMILES string of the molecule is C=C(C)C(Cl)COc1ccc(C[C@@H]2NC(=O)c3nc(oc3C)[C@H]([C@@H](C)CC)NC(=O)[C@@H]3CCCN3C(=O)[C@@H]3CCCN3C(=O)[C@H](C)NC(=O)c3coc(n3)[C@@H]3CCCN3C2=O)cc1. The van der Waals surface area contributed by atoms with Gasteiger partial charge in [0.15, 0.2) is 11.4 Å². The molecule has 338 valence electrons. The van der Waals surface area contributed by atoms with Gasteiger partial charge >= 0.3 is 0 Å². The summed E-state index contributed by atoms with van der Waals surface area (Å²) in [5.74, 6) is -2.04. The van der Waals surface area contributed by atoms with Crippen LogP contribution in [0.5, 0.6) is 5.75 Å². The molecule has 1 aromatic carbocycles. The van der Waals surface area contributed by atoms with Gasteiger partial charge in [0.2, 0.25) is 35.4 Å². The van der Waals surface area contributed by atoms with Crippen molar-refractivity contribution in [2.75, 3.05) is 26.2 Å². The van der Waals surface area contributed by atoms with Crippen molar-refractivity contribution >= 4 is 47.0 Å². The van der Waals surface area contributed by atoms with Crippen LogP contribution in [0.2, 0.25) is 0 Å². The molecule has 18 heteroatoms. The Labute approximate surface area is 371 Å². The number of carbonyl (C=O) groups is 6. The first-order valence-corrected chi connectivity index (χ1v) is 22.4. The van der Waals surface area contributed by atoms with Gasteiger partial charge in [-0.1, -0.05) is 44.6 Å². The summed E-state index contributed by atoms with van der Waals surface area (Å²) in [5.41, 5.74) is 1.38. The first-order chi connectivity index (χ1) is 30.1. The maximum atomic E-state index is 14.7. The summed E-state index contributed by atoms with van der Waals surface area (Å²) in [6.07, 6.45) is 5.00. The van der Waals surface area contributed by atoms with Crippen molar-refractivity contribution in [2.45, 2.75) is 128 Å². The van der Waals surface area contributed by atoms with Crippen molar-refractivity contribution in [3.8, 4) is 5.75 Å². The topological polar surface area (TPSA) is 210 Å². The van der Waals surface area contributed by atoms with Gasteiger partial charge in [0.05, 0.1) is 5.38 Å². The monoisotopic (exact) mass is 888 g/mol. The van der Waals surface area contributed by atoms with Crippen LogP contribution in [0.15, 0.2) is 51.5 Å². The Bertz CT molecular complexity index is 2220. The fraction of sp³-hybridized carbons (Fsp3) is 0.556. The molecule has 3 aromatic rings. The zero-order chi connectivity index (χ0) is 45.1. The van der Waals surface area contributed by atoms with E-state index >= 15 is 0 Å². The third-order valence-corrected chi connectivity index (χ3v) is 13.2.